The van der Waals surface area contributed by atoms with Gasteiger partial charge in [0, 0.05) is 0 Å². The summed E-state index contributed by atoms with van der Waals surface area (Å²) in [6.45, 7) is 7.28. The third-order valence-electron chi connectivity index (χ3n) is 2.61. The van der Waals surface area contributed by atoms with Crippen molar-refractivity contribution in [3.05, 3.63) is 35.9 Å². The van der Waals surface area contributed by atoms with E-state index in [0.717, 1.165) is 5.56 Å². The largest absolute Gasteiger partial charge is 0.459 e. The Morgan fingerprint density at radius 2 is 1.81 bits per heavy atom. The Hall–Kier alpha value is -2.04. The highest BCUT2D eigenvalue weighted by Crippen LogP contribution is 2.08. The molecule has 1 rings (SSSR count). The third kappa shape index (κ3) is 6.79. The maximum absolute atomic E-state index is 12.0. The summed E-state index contributed by atoms with van der Waals surface area (Å²) in [5.74, 6) is -0.466. The van der Waals surface area contributed by atoms with Gasteiger partial charge >= 0.3 is 12.1 Å². The number of benzene rings is 1. The number of alkyl carbamates (subject to hydrolysis) is 1. The quantitative estimate of drug-likeness (QED) is 0.847. The smallest absolute Gasteiger partial charge is 0.408 e. The number of hydrogen-bond donors (Lipinski definition) is 1. The molecule has 0 unspecified atom stereocenters. The predicted octanol–water partition coefficient (Wildman–Crippen LogP) is 3.03. The number of rotatable bonds is 5. The van der Waals surface area contributed by atoms with Crippen LogP contribution < -0.4 is 5.32 Å². The zero-order chi connectivity index (χ0) is 15.9. The maximum Gasteiger partial charge on any atom is 0.408 e. The van der Waals surface area contributed by atoms with Gasteiger partial charge in [0.25, 0.3) is 0 Å². The van der Waals surface area contributed by atoms with E-state index in [4.69, 9.17) is 9.47 Å². The zero-order valence-electron chi connectivity index (χ0n) is 13.0. The van der Waals surface area contributed by atoms with Crippen molar-refractivity contribution in [3.8, 4) is 0 Å². The summed E-state index contributed by atoms with van der Waals surface area (Å²) in [6.07, 6.45) is -0.182. The second kappa shape index (κ2) is 7.67. The molecule has 0 aliphatic carbocycles. The average Bonchev–Trinajstić information content (AvgIpc) is 2.41. The molecule has 5 heteroatoms. The van der Waals surface area contributed by atoms with E-state index in [2.05, 4.69) is 5.32 Å². The molecule has 0 saturated heterocycles. The van der Waals surface area contributed by atoms with Crippen LogP contribution in [0.4, 0.5) is 4.79 Å². The first-order chi connectivity index (χ1) is 9.81. The molecule has 1 aromatic carbocycles. The first-order valence-corrected chi connectivity index (χ1v) is 7.02. The van der Waals surface area contributed by atoms with Crippen molar-refractivity contribution in [3.63, 3.8) is 0 Å². The van der Waals surface area contributed by atoms with Gasteiger partial charge in [-0.25, -0.2) is 9.59 Å². The van der Waals surface area contributed by atoms with E-state index in [1.54, 1.807) is 27.7 Å². The summed E-state index contributed by atoms with van der Waals surface area (Å²) in [5, 5.41) is 2.52. The molecule has 21 heavy (non-hydrogen) atoms. The number of carbonyl (C=O) groups is 2. The van der Waals surface area contributed by atoms with Crippen LogP contribution in [0, 0.1) is 0 Å². The molecule has 0 aromatic heterocycles. The Kier molecular flexibility index (Phi) is 6.21. The molecule has 0 spiro atoms. The lowest BCUT2D eigenvalue weighted by atomic mass is 10.2. The molecule has 1 N–H and O–H groups in total. The molecule has 0 radical (unpaired) electrons. The highest BCUT2D eigenvalue weighted by Gasteiger charge is 2.24. The maximum atomic E-state index is 12.0. The van der Waals surface area contributed by atoms with Gasteiger partial charge < -0.3 is 14.8 Å². The van der Waals surface area contributed by atoms with E-state index in [-0.39, 0.29) is 6.61 Å². The lowest BCUT2D eigenvalue weighted by Crippen LogP contribution is -2.43. The lowest BCUT2D eigenvalue weighted by molar-refractivity contribution is -0.147. The number of esters is 1. The highest BCUT2D eigenvalue weighted by atomic mass is 16.6. The SMILES string of the molecule is CC[C@@H](NC(=O)OC(C)(C)C)C(=O)OCc1ccccc1. The summed E-state index contributed by atoms with van der Waals surface area (Å²) in [6, 6.07) is 8.68. The fraction of sp³-hybridized carbons (Fsp3) is 0.500. The molecule has 1 amide bonds. The fourth-order valence-corrected chi connectivity index (χ4v) is 1.61. The van der Waals surface area contributed by atoms with Crippen LogP contribution in [0.2, 0.25) is 0 Å². The van der Waals surface area contributed by atoms with Crippen LogP contribution in [0.5, 0.6) is 0 Å². The van der Waals surface area contributed by atoms with Crippen molar-refractivity contribution in [1.29, 1.82) is 0 Å². The monoisotopic (exact) mass is 293 g/mol. The van der Waals surface area contributed by atoms with Gasteiger partial charge in [-0.3, -0.25) is 0 Å². The Bertz CT molecular complexity index is 465. The second-order valence-electron chi connectivity index (χ2n) is 5.70. The zero-order valence-corrected chi connectivity index (χ0v) is 13.0. The van der Waals surface area contributed by atoms with Crippen molar-refractivity contribution in [2.75, 3.05) is 0 Å². The van der Waals surface area contributed by atoms with Crippen LogP contribution >= 0.6 is 0 Å². The van der Waals surface area contributed by atoms with Crippen LogP contribution in [0.1, 0.15) is 39.7 Å². The van der Waals surface area contributed by atoms with Gasteiger partial charge in [0.1, 0.15) is 18.2 Å². The normalized spacial score (nSPS) is 12.4. The van der Waals surface area contributed by atoms with Crippen molar-refractivity contribution >= 4 is 12.1 Å². The first kappa shape index (κ1) is 17.0. The highest BCUT2D eigenvalue weighted by molar-refractivity contribution is 5.81. The summed E-state index contributed by atoms with van der Waals surface area (Å²) < 4.78 is 10.3. The van der Waals surface area contributed by atoms with Crippen molar-refractivity contribution in [2.24, 2.45) is 0 Å². The predicted molar refractivity (Wildman–Crippen MR) is 79.7 cm³/mol. The van der Waals surface area contributed by atoms with E-state index in [1.807, 2.05) is 30.3 Å². The van der Waals surface area contributed by atoms with Gasteiger partial charge in [-0.15, -0.1) is 0 Å². The molecular formula is C16H23NO4. The molecule has 1 aromatic rings. The number of hydrogen-bond acceptors (Lipinski definition) is 4. The number of ether oxygens (including phenoxy) is 2. The average molecular weight is 293 g/mol. The van der Waals surface area contributed by atoms with E-state index >= 15 is 0 Å². The molecule has 0 aliphatic heterocycles. The van der Waals surface area contributed by atoms with Gasteiger partial charge in [-0.1, -0.05) is 37.3 Å². The number of carbonyl (C=O) groups excluding carboxylic acids is 2. The van der Waals surface area contributed by atoms with Crippen molar-refractivity contribution in [2.45, 2.75) is 52.4 Å². The van der Waals surface area contributed by atoms with Crippen LogP contribution in [-0.4, -0.2) is 23.7 Å². The van der Waals surface area contributed by atoms with E-state index in [0.29, 0.717) is 6.42 Å². The van der Waals surface area contributed by atoms with Crippen LogP contribution in [0.25, 0.3) is 0 Å². The Morgan fingerprint density at radius 1 is 1.19 bits per heavy atom. The van der Waals surface area contributed by atoms with Crippen molar-refractivity contribution < 1.29 is 19.1 Å². The topological polar surface area (TPSA) is 64.6 Å². The molecular weight excluding hydrogens is 270 g/mol. The molecule has 5 nitrogen and oxygen atoms in total. The van der Waals surface area contributed by atoms with E-state index < -0.39 is 23.7 Å². The lowest BCUT2D eigenvalue weighted by Gasteiger charge is -2.22. The Balaban J connectivity index is 2.48. The van der Waals surface area contributed by atoms with Gasteiger partial charge in [-0.05, 0) is 32.8 Å². The molecule has 116 valence electrons. The van der Waals surface area contributed by atoms with Gasteiger partial charge in [0.15, 0.2) is 0 Å². The minimum Gasteiger partial charge on any atom is -0.459 e. The van der Waals surface area contributed by atoms with Gasteiger partial charge in [0.2, 0.25) is 0 Å². The van der Waals surface area contributed by atoms with Crippen LogP contribution in [-0.2, 0) is 20.9 Å². The Labute approximate surface area is 125 Å². The summed E-state index contributed by atoms with van der Waals surface area (Å²) in [7, 11) is 0. The minimum atomic E-state index is -0.705. The van der Waals surface area contributed by atoms with Gasteiger partial charge in [0.05, 0.1) is 0 Å². The molecule has 0 bridgehead atoms. The first-order valence-electron chi connectivity index (χ1n) is 7.02. The van der Waals surface area contributed by atoms with E-state index in [9.17, 15) is 9.59 Å². The molecule has 1 atom stereocenters. The molecule has 0 saturated carbocycles. The Morgan fingerprint density at radius 3 is 2.33 bits per heavy atom. The fourth-order valence-electron chi connectivity index (χ4n) is 1.61. The molecule has 0 heterocycles. The molecule has 0 fully saturated rings. The van der Waals surface area contributed by atoms with Crippen LogP contribution in [0.15, 0.2) is 30.3 Å². The second-order valence-corrected chi connectivity index (χ2v) is 5.70. The number of nitrogens with one attached hydrogen (secondary N) is 1. The third-order valence-corrected chi connectivity index (χ3v) is 2.61. The van der Waals surface area contributed by atoms with E-state index in [1.165, 1.54) is 0 Å². The standard InChI is InChI=1S/C16H23NO4/c1-5-13(17-15(19)21-16(2,3)4)14(18)20-11-12-9-7-6-8-10-12/h6-10,13H,5,11H2,1-4H3,(H,17,19)/t13-/m1/s1. The molecule has 0 aliphatic rings. The van der Waals surface area contributed by atoms with Crippen molar-refractivity contribution in [1.82, 2.24) is 5.32 Å². The summed E-state index contributed by atoms with van der Waals surface area (Å²) in [4.78, 5) is 23.6. The summed E-state index contributed by atoms with van der Waals surface area (Å²) >= 11 is 0. The van der Waals surface area contributed by atoms with Crippen LogP contribution in [0.3, 0.4) is 0 Å². The van der Waals surface area contributed by atoms with Gasteiger partial charge in [-0.2, -0.15) is 0 Å². The number of amides is 1. The summed E-state index contributed by atoms with van der Waals surface area (Å²) in [5.41, 5.74) is 0.300. The minimum absolute atomic E-state index is 0.187.